The van der Waals surface area contributed by atoms with Gasteiger partial charge in [0.2, 0.25) is 11.7 Å². The smallest absolute Gasteiger partial charge is 0.374 e. The fraction of sp³-hybridized carbons (Fsp3) is 0.700. The number of esters is 1. The van der Waals surface area contributed by atoms with Crippen molar-refractivity contribution in [1.29, 1.82) is 0 Å². The van der Waals surface area contributed by atoms with Crippen LogP contribution in [0, 0.1) is 0 Å². The molecule has 0 unspecified atom stereocenters. The van der Waals surface area contributed by atoms with E-state index in [0.29, 0.717) is 0 Å². The van der Waals surface area contributed by atoms with Crippen LogP contribution in [0.3, 0.4) is 0 Å². The predicted octanol–water partition coefficient (Wildman–Crippen LogP) is -1.63. The van der Waals surface area contributed by atoms with Crippen LogP contribution in [0.2, 0.25) is 0 Å². The Morgan fingerprint density at radius 2 is 1.94 bits per heavy atom. The fourth-order valence-corrected chi connectivity index (χ4v) is 1.15. The van der Waals surface area contributed by atoms with Crippen LogP contribution in [0.15, 0.2) is 0 Å². The SMILES string of the molecule is CCOC(=O)C(=O)C[C@H](O)[C@H](CO)NC(C)=O. The molecule has 0 aromatic carbocycles. The number of nitrogens with one attached hydrogen (secondary N) is 1. The van der Waals surface area contributed by atoms with Gasteiger partial charge >= 0.3 is 5.97 Å². The highest BCUT2D eigenvalue weighted by Crippen LogP contribution is 2.01. The number of aliphatic hydroxyl groups excluding tert-OH is 2. The molecule has 0 bridgehead atoms. The van der Waals surface area contributed by atoms with Crippen LogP contribution in [-0.4, -0.2) is 53.2 Å². The third-order valence-electron chi connectivity index (χ3n) is 1.95. The Bertz CT molecular complexity index is 291. The van der Waals surface area contributed by atoms with E-state index in [1.54, 1.807) is 6.92 Å². The molecule has 1 amide bonds. The Morgan fingerprint density at radius 3 is 2.35 bits per heavy atom. The van der Waals surface area contributed by atoms with Gasteiger partial charge in [-0.1, -0.05) is 0 Å². The first kappa shape index (κ1) is 15.5. The summed E-state index contributed by atoms with van der Waals surface area (Å²) in [7, 11) is 0. The molecule has 0 aliphatic rings. The molecule has 0 aromatic heterocycles. The maximum atomic E-state index is 11.2. The molecule has 0 saturated heterocycles. The lowest BCUT2D eigenvalue weighted by molar-refractivity contribution is -0.154. The largest absolute Gasteiger partial charge is 0.460 e. The first-order chi connectivity index (χ1) is 7.92. The summed E-state index contributed by atoms with van der Waals surface area (Å²) in [4.78, 5) is 32.9. The van der Waals surface area contributed by atoms with Gasteiger partial charge in [0.15, 0.2) is 0 Å². The summed E-state index contributed by atoms with van der Waals surface area (Å²) >= 11 is 0. The average molecular weight is 247 g/mol. The topological polar surface area (TPSA) is 113 Å². The normalized spacial score (nSPS) is 13.6. The third-order valence-corrected chi connectivity index (χ3v) is 1.95. The molecule has 0 aromatic rings. The van der Waals surface area contributed by atoms with Gasteiger partial charge in [-0.05, 0) is 6.92 Å². The molecular weight excluding hydrogens is 230 g/mol. The Balaban J connectivity index is 4.30. The van der Waals surface area contributed by atoms with E-state index in [-0.39, 0.29) is 6.61 Å². The van der Waals surface area contributed by atoms with Crippen LogP contribution in [0.1, 0.15) is 20.3 Å². The molecule has 0 radical (unpaired) electrons. The number of ketones is 1. The van der Waals surface area contributed by atoms with Gasteiger partial charge in [-0.2, -0.15) is 0 Å². The van der Waals surface area contributed by atoms with Crippen LogP contribution < -0.4 is 5.32 Å². The molecule has 0 saturated carbocycles. The van der Waals surface area contributed by atoms with Gasteiger partial charge in [-0.15, -0.1) is 0 Å². The zero-order chi connectivity index (χ0) is 13.4. The van der Waals surface area contributed by atoms with Gasteiger partial charge in [-0.3, -0.25) is 9.59 Å². The number of carbonyl (C=O) groups is 3. The first-order valence-electron chi connectivity index (χ1n) is 5.18. The zero-order valence-corrected chi connectivity index (χ0v) is 9.80. The number of aliphatic hydroxyl groups is 2. The lowest BCUT2D eigenvalue weighted by atomic mass is 10.1. The van der Waals surface area contributed by atoms with Crippen molar-refractivity contribution in [2.24, 2.45) is 0 Å². The van der Waals surface area contributed by atoms with E-state index in [1.807, 2.05) is 0 Å². The van der Waals surface area contributed by atoms with Crippen molar-refractivity contribution in [3.05, 3.63) is 0 Å². The van der Waals surface area contributed by atoms with E-state index < -0.39 is 42.8 Å². The predicted molar refractivity (Wildman–Crippen MR) is 57.0 cm³/mol. The van der Waals surface area contributed by atoms with Crippen LogP contribution in [-0.2, 0) is 19.1 Å². The summed E-state index contributed by atoms with van der Waals surface area (Å²) in [5, 5.41) is 20.7. The lowest BCUT2D eigenvalue weighted by Gasteiger charge is -2.20. The van der Waals surface area contributed by atoms with E-state index in [2.05, 4.69) is 10.1 Å². The maximum absolute atomic E-state index is 11.2. The number of hydrogen-bond donors (Lipinski definition) is 3. The number of Topliss-reactive ketones (excluding diaryl/α,β-unsaturated/α-hetero) is 1. The minimum Gasteiger partial charge on any atom is -0.460 e. The van der Waals surface area contributed by atoms with Crippen LogP contribution >= 0.6 is 0 Å². The summed E-state index contributed by atoms with van der Waals surface area (Å²) in [6.07, 6.45) is -1.84. The van der Waals surface area contributed by atoms with Gasteiger partial charge in [0, 0.05) is 13.3 Å². The fourth-order valence-electron chi connectivity index (χ4n) is 1.15. The average Bonchev–Trinajstić information content (AvgIpc) is 2.25. The van der Waals surface area contributed by atoms with E-state index >= 15 is 0 Å². The number of rotatable bonds is 7. The van der Waals surface area contributed by atoms with Crippen molar-refractivity contribution < 1.29 is 29.3 Å². The third kappa shape index (κ3) is 5.98. The monoisotopic (exact) mass is 247 g/mol. The maximum Gasteiger partial charge on any atom is 0.374 e. The van der Waals surface area contributed by atoms with Crippen molar-refractivity contribution in [3.63, 3.8) is 0 Å². The Labute approximate surface area is 98.8 Å². The number of hydrogen-bond acceptors (Lipinski definition) is 6. The molecule has 2 atom stereocenters. The summed E-state index contributed by atoms with van der Waals surface area (Å²) in [6, 6.07) is -0.981. The zero-order valence-electron chi connectivity index (χ0n) is 9.80. The van der Waals surface area contributed by atoms with Crippen LogP contribution in [0.5, 0.6) is 0 Å². The van der Waals surface area contributed by atoms with Gasteiger partial charge in [0.05, 0.1) is 25.4 Å². The summed E-state index contributed by atoms with van der Waals surface area (Å²) in [6.45, 7) is 2.30. The van der Waals surface area contributed by atoms with E-state index in [4.69, 9.17) is 5.11 Å². The summed E-state index contributed by atoms with van der Waals surface area (Å²) < 4.78 is 4.45. The van der Waals surface area contributed by atoms with Crippen molar-refractivity contribution in [2.75, 3.05) is 13.2 Å². The highest BCUT2D eigenvalue weighted by molar-refractivity contribution is 6.33. The molecule has 98 valence electrons. The van der Waals surface area contributed by atoms with Crippen LogP contribution in [0.25, 0.3) is 0 Å². The molecule has 0 heterocycles. The summed E-state index contributed by atoms with van der Waals surface area (Å²) in [5.41, 5.74) is 0. The Hall–Kier alpha value is -1.47. The molecule has 7 heteroatoms. The molecule has 0 aliphatic carbocycles. The van der Waals surface area contributed by atoms with Gasteiger partial charge < -0.3 is 20.3 Å². The highest BCUT2D eigenvalue weighted by atomic mass is 16.5. The molecule has 0 spiro atoms. The minimum absolute atomic E-state index is 0.0653. The van der Waals surface area contributed by atoms with E-state index in [0.717, 1.165) is 0 Å². The van der Waals surface area contributed by atoms with Crippen molar-refractivity contribution >= 4 is 17.7 Å². The lowest BCUT2D eigenvalue weighted by Crippen LogP contribution is -2.46. The number of ether oxygens (including phenoxy) is 1. The van der Waals surface area contributed by atoms with E-state index in [9.17, 15) is 19.5 Å². The van der Waals surface area contributed by atoms with Crippen molar-refractivity contribution in [3.8, 4) is 0 Å². The minimum atomic E-state index is -1.33. The Morgan fingerprint density at radius 1 is 1.35 bits per heavy atom. The molecule has 0 fully saturated rings. The molecule has 0 aliphatic heterocycles. The molecule has 0 rings (SSSR count). The van der Waals surface area contributed by atoms with Crippen molar-refractivity contribution in [2.45, 2.75) is 32.4 Å². The molecule has 3 N–H and O–H groups in total. The quantitative estimate of drug-likeness (QED) is 0.367. The van der Waals surface area contributed by atoms with E-state index in [1.165, 1.54) is 6.92 Å². The van der Waals surface area contributed by atoms with Gasteiger partial charge in [0.25, 0.3) is 0 Å². The first-order valence-corrected chi connectivity index (χ1v) is 5.18. The van der Waals surface area contributed by atoms with Crippen LogP contribution in [0.4, 0.5) is 0 Å². The van der Waals surface area contributed by atoms with Gasteiger partial charge in [0.1, 0.15) is 0 Å². The summed E-state index contributed by atoms with van der Waals surface area (Å²) in [5.74, 6) is -2.39. The highest BCUT2D eigenvalue weighted by Gasteiger charge is 2.25. The number of amides is 1. The Kier molecular flexibility index (Phi) is 7.08. The standard InChI is InChI=1S/C10H17NO6/c1-3-17-10(16)9(15)4-8(14)7(5-12)11-6(2)13/h7-8,12,14H,3-5H2,1-2H3,(H,11,13)/t7-,8-/m0/s1. The molecule has 17 heavy (non-hydrogen) atoms. The van der Waals surface area contributed by atoms with Gasteiger partial charge in [-0.25, -0.2) is 4.79 Å². The molecular formula is C10H17NO6. The second-order valence-corrected chi connectivity index (χ2v) is 3.40. The second-order valence-electron chi connectivity index (χ2n) is 3.40. The number of carbonyl (C=O) groups excluding carboxylic acids is 3. The molecule has 7 nitrogen and oxygen atoms in total. The van der Waals surface area contributed by atoms with Crippen molar-refractivity contribution in [1.82, 2.24) is 5.32 Å². The second kappa shape index (κ2) is 7.75.